The first-order chi connectivity index (χ1) is 13.5. The van der Waals surface area contributed by atoms with Gasteiger partial charge in [-0.2, -0.15) is 5.26 Å². The van der Waals surface area contributed by atoms with E-state index in [0.29, 0.717) is 24.3 Å². The third-order valence-electron chi connectivity index (χ3n) is 5.38. The highest BCUT2D eigenvalue weighted by molar-refractivity contribution is 5.83. The van der Waals surface area contributed by atoms with Crippen molar-refractivity contribution >= 4 is 22.5 Å². The fourth-order valence-corrected chi connectivity index (χ4v) is 4.03. The van der Waals surface area contributed by atoms with Crippen LogP contribution in [-0.2, 0) is 4.79 Å². The van der Waals surface area contributed by atoms with E-state index in [2.05, 4.69) is 10.3 Å². The molecule has 3 heterocycles. The zero-order valence-corrected chi connectivity index (χ0v) is 15.3. The number of rotatable bonds is 4. The maximum Gasteiger partial charge on any atom is 0.237 e. The minimum atomic E-state index is -1.13. The number of aromatic nitrogens is 1. The van der Waals surface area contributed by atoms with Crippen molar-refractivity contribution in [1.29, 1.82) is 5.26 Å². The van der Waals surface area contributed by atoms with E-state index in [1.165, 1.54) is 11.0 Å². The zero-order valence-electron chi connectivity index (χ0n) is 15.3. The van der Waals surface area contributed by atoms with Gasteiger partial charge in [-0.15, -0.1) is 0 Å². The molecule has 146 valence electrons. The maximum absolute atomic E-state index is 14.2. The second-order valence-corrected chi connectivity index (χ2v) is 7.42. The minimum Gasteiger partial charge on any atom is -0.381 e. The van der Waals surface area contributed by atoms with Gasteiger partial charge < -0.3 is 10.2 Å². The Bertz CT molecular complexity index is 930. The van der Waals surface area contributed by atoms with Gasteiger partial charge in [-0.3, -0.25) is 14.7 Å². The average Bonchev–Trinajstić information content (AvgIpc) is 3.27. The molecule has 2 aromatic rings. The summed E-state index contributed by atoms with van der Waals surface area (Å²) in [6, 6.07) is 8.30. The number of pyridine rings is 1. The number of carbonyl (C=O) groups is 1. The summed E-state index contributed by atoms with van der Waals surface area (Å²) in [5.74, 6) is -0.585. The Morgan fingerprint density at radius 2 is 2.25 bits per heavy atom. The first-order valence-corrected chi connectivity index (χ1v) is 9.40. The molecule has 0 radical (unpaired) electrons. The Kier molecular flexibility index (Phi) is 5.09. The molecule has 0 saturated carbocycles. The molecule has 1 amide bonds. The van der Waals surface area contributed by atoms with Gasteiger partial charge in [0.05, 0.1) is 19.2 Å². The fourth-order valence-electron chi connectivity index (χ4n) is 4.03. The summed E-state index contributed by atoms with van der Waals surface area (Å²) in [7, 11) is 0. The van der Waals surface area contributed by atoms with Gasteiger partial charge in [0.25, 0.3) is 0 Å². The summed E-state index contributed by atoms with van der Waals surface area (Å²) in [4.78, 5) is 19.8. The zero-order chi connectivity index (χ0) is 19.7. The third kappa shape index (κ3) is 3.76. The molecule has 0 aliphatic carbocycles. The molecule has 1 aromatic heterocycles. The normalized spacial score (nSPS) is 25.2. The molecule has 2 saturated heterocycles. The van der Waals surface area contributed by atoms with Gasteiger partial charge in [0.2, 0.25) is 5.91 Å². The molecule has 2 aliphatic heterocycles. The maximum atomic E-state index is 14.2. The molecule has 3 atom stereocenters. The molecule has 1 aromatic carbocycles. The van der Waals surface area contributed by atoms with Crippen LogP contribution in [-0.4, -0.2) is 65.1 Å². The van der Waals surface area contributed by atoms with Crippen LogP contribution in [0, 0.1) is 17.1 Å². The molecule has 4 rings (SSSR count). The van der Waals surface area contributed by atoms with Crippen molar-refractivity contribution in [2.45, 2.75) is 31.1 Å². The Labute approximate surface area is 161 Å². The number of nitriles is 1. The molecule has 0 bridgehead atoms. The Hall–Kier alpha value is -2.79. The van der Waals surface area contributed by atoms with Crippen LogP contribution < -0.4 is 5.32 Å². The van der Waals surface area contributed by atoms with Crippen LogP contribution >= 0.6 is 0 Å². The minimum absolute atomic E-state index is 0.00300. The quantitative estimate of drug-likeness (QED) is 0.875. The molecule has 8 heteroatoms. The van der Waals surface area contributed by atoms with Crippen LogP contribution in [0.2, 0.25) is 0 Å². The van der Waals surface area contributed by atoms with E-state index >= 15 is 0 Å². The van der Waals surface area contributed by atoms with Gasteiger partial charge in [-0.25, -0.2) is 8.78 Å². The number of amides is 1. The van der Waals surface area contributed by atoms with Crippen molar-refractivity contribution in [3.8, 4) is 6.07 Å². The van der Waals surface area contributed by atoms with Crippen molar-refractivity contribution in [2.24, 2.45) is 0 Å². The molecule has 1 N–H and O–H groups in total. The molecular weight excluding hydrogens is 364 g/mol. The smallest absolute Gasteiger partial charge is 0.237 e. The highest BCUT2D eigenvalue weighted by atomic mass is 19.1. The van der Waals surface area contributed by atoms with Crippen LogP contribution in [0.4, 0.5) is 14.5 Å². The highest BCUT2D eigenvalue weighted by Gasteiger charge is 2.36. The lowest BCUT2D eigenvalue weighted by Gasteiger charge is -2.23. The Morgan fingerprint density at radius 3 is 3.07 bits per heavy atom. The predicted octanol–water partition coefficient (Wildman–Crippen LogP) is 2.32. The number of carbonyl (C=O) groups excluding carboxylic acids is 1. The van der Waals surface area contributed by atoms with E-state index in [4.69, 9.17) is 5.26 Å². The van der Waals surface area contributed by atoms with Gasteiger partial charge in [-0.05, 0) is 24.6 Å². The summed E-state index contributed by atoms with van der Waals surface area (Å²) < 4.78 is 27.8. The number of hydrogen-bond acceptors (Lipinski definition) is 5. The fraction of sp³-hybridized carbons (Fsp3) is 0.450. The summed E-state index contributed by atoms with van der Waals surface area (Å²) >= 11 is 0. The predicted molar refractivity (Wildman–Crippen MR) is 101 cm³/mol. The number of likely N-dealkylation sites (tertiary alicyclic amines) is 2. The SMILES string of the molecule is N#C[C@@H]1C[C@H](F)CN1C(=O)CN1CC[C@@H](Nc2cc(F)c3ncccc3c2)C1. The molecule has 0 spiro atoms. The summed E-state index contributed by atoms with van der Waals surface area (Å²) in [5, 5.41) is 13.2. The van der Waals surface area contributed by atoms with E-state index in [9.17, 15) is 13.6 Å². The van der Waals surface area contributed by atoms with E-state index in [-0.39, 0.29) is 37.3 Å². The van der Waals surface area contributed by atoms with Crippen molar-refractivity contribution in [3.63, 3.8) is 0 Å². The number of anilines is 1. The third-order valence-corrected chi connectivity index (χ3v) is 5.38. The number of hydrogen-bond donors (Lipinski definition) is 1. The second-order valence-electron chi connectivity index (χ2n) is 7.42. The molecular formula is C20H21F2N5O. The largest absolute Gasteiger partial charge is 0.381 e. The molecule has 2 aliphatic rings. The van der Waals surface area contributed by atoms with Crippen LogP contribution in [0.25, 0.3) is 10.9 Å². The van der Waals surface area contributed by atoms with E-state index in [1.54, 1.807) is 12.3 Å². The van der Waals surface area contributed by atoms with Gasteiger partial charge in [-0.1, -0.05) is 6.07 Å². The van der Waals surface area contributed by atoms with Crippen molar-refractivity contribution in [1.82, 2.24) is 14.8 Å². The Balaban J connectivity index is 1.36. The number of halogens is 2. The van der Waals surface area contributed by atoms with Crippen LogP contribution in [0.1, 0.15) is 12.8 Å². The van der Waals surface area contributed by atoms with E-state index < -0.39 is 12.2 Å². The molecule has 28 heavy (non-hydrogen) atoms. The number of benzene rings is 1. The Morgan fingerprint density at radius 1 is 1.39 bits per heavy atom. The molecule has 2 fully saturated rings. The standard InChI is InChI=1S/C20H21F2N5O/c21-14-7-17(9-23)27(10-14)19(28)12-26-5-3-15(11-26)25-16-6-13-2-1-4-24-20(13)18(22)8-16/h1-2,4,6,8,14-15,17,25H,3,5,7,10-12H2/t14-,15+,17-/m0/s1. The lowest BCUT2D eigenvalue weighted by molar-refractivity contribution is -0.132. The second kappa shape index (κ2) is 7.68. The lowest BCUT2D eigenvalue weighted by atomic mass is 10.1. The topological polar surface area (TPSA) is 72.3 Å². The van der Waals surface area contributed by atoms with Gasteiger partial charge >= 0.3 is 0 Å². The summed E-state index contributed by atoms with van der Waals surface area (Å²) in [6.45, 7) is 1.50. The van der Waals surface area contributed by atoms with Crippen LogP contribution in [0.5, 0.6) is 0 Å². The van der Waals surface area contributed by atoms with Crippen molar-refractivity contribution < 1.29 is 13.6 Å². The number of alkyl halides is 1. The van der Waals surface area contributed by atoms with E-state index in [1.807, 2.05) is 23.1 Å². The van der Waals surface area contributed by atoms with Gasteiger partial charge in [0.1, 0.15) is 17.7 Å². The molecule has 0 unspecified atom stereocenters. The number of nitrogens with zero attached hydrogens (tertiary/aromatic N) is 4. The molecule has 6 nitrogen and oxygen atoms in total. The van der Waals surface area contributed by atoms with Crippen LogP contribution in [0.3, 0.4) is 0 Å². The van der Waals surface area contributed by atoms with Gasteiger partial charge in [0.15, 0.2) is 5.82 Å². The number of fused-ring (bicyclic) bond motifs is 1. The monoisotopic (exact) mass is 385 g/mol. The van der Waals surface area contributed by atoms with Gasteiger partial charge in [0, 0.05) is 42.8 Å². The van der Waals surface area contributed by atoms with E-state index in [0.717, 1.165) is 11.8 Å². The van der Waals surface area contributed by atoms with Crippen molar-refractivity contribution in [3.05, 3.63) is 36.3 Å². The first kappa shape index (κ1) is 18.6. The highest BCUT2D eigenvalue weighted by Crippen LogP contribution is 2.24. The average molecular weight is 385 g/mol. The number of nitrogens with one attached hydrogen (secondary N) is 1. The first-order valence-electron chi connectivity index (χ1n) is 9.40. The summed E-state index contributed by atoms with van der Waals surface area (Å²) in [5.41, 5.74) is 1.02. The lowest BCUT2D eigenvalue weighted by Crippen LogP contribution is -2.42. The van der Waals surface area contributed by atoms with Crippen molar-refractivity contribution in [2.75, 3.05) is 31.5 Å². The summed E-state index contributed by atoms with van der Waals surface area (Å²) in [6.07, 6.45) is 1.34. The van der Waals surface area contributed by atoms with Crippen LogP contribution in [0.15, 0.2) is 30.5 Å².